The fourth-order valence-corrected chi connectivity index (χ4v) is 4.93. The van der Waals surface area contributed by atoms with E-state index in [9.17, 15) is 13.6 Å². The van der Waals surface area contributed by atoms with Crippen LogP contribution in [0.25, 0.3) is 10.9 Å². The molecule has 2 fully saturated rings. The molecule has 0 spiro atoms. The number of aromatic nitrogens is 1. The molecule has 1 aromatic heterocycles. The number of benzene rings is 1. The first-order valence-corrected chi connectivity index (χ1v) is 11.1. The molecule has 1 N–H and O–H groups in total. The number of fused-ring (bicyclic) bond motifs is 1. The van der Waals surface area contributed by atoms with Gasteiger partial charge in [-0.15, -0.1) is 0 Å². The lowest BCUT2D eigenvalue weighted by molar-refractivity contribution is -0.0452. The summed E-state index contributed by atoms with van der Waals surface area (Å²) < 4.78 is 26.6. The average Bonchev–Trinajstić information content (AvgIpc) is 2.73. The highest BCUT2D eigenvalue weighted by molar-refractivity contribution is 6.35. The smallest absolute Gasteiger partial charge is 0.253 e. The summed E-state index contributed by atoms with van der Waals surface area (Å²) in [6.07, 6.45) is 6.78. The highest BCUT2D eigenvalue weighted by atomic mass is 35.5. The first-order chi connectivity index (χ1) is 13.9. The van der Waals surface area contributed by atoms with Gasteiger partial charge in [0.05, 0.1) is 16.1 Å². The van der Waals surface area contributed by atoms with Gasteiger partial charge < -0.3 is 5.32 Å². The van der Waals surface area contributed by atoms with Gasteiger partial charge in [-0.3, -0.25) is 9.78 Å². The Kier molecular flexibility index (Phi) is 6.05. The van der Waals surface area contributed by atoms with E-state index >= 15 is 0 Å². The number of alkyl halides is 2. The van der Waals surface area contributed by atoms with Gasteiger partial charge in [-0.25, -0.2) is 8.78 Å². The predicted molar refractivity (Wildman–Crippen MR) is 112 cm³/mol. The summed E-state index contributed by atoms with van der Waals surface area (Å²) >= 11 is 6.36. The molecular formula is C23H27ClF2N2O. The summed E-state index contributed by atoms with van der Waals surface area (Å²) in [4.78, 5) is 17.7. The molecule has 29 heavy (non-hydrogen) atoms. The zero-order chi connectivity index (χ0) is 20.4. The van der Waals surface area contributed by atoms with E-state index in [1.165, 1.54) is 32.1 Å². The minimum Gasteiger partial charge on any atom is -0.352 e. The lowest BCUT2D eigenvalue weighted by Gasteiger charge is -2.28. The first-order valence-electron chi connectivity index (χ1n) is 10.7. The van der Waals surface area contributed by atoms with Gasteiger partial charge in [-0.05, 0) is 49.8 Å². The monoisotopic (exact) mass is 420 g/mol. The molecule has 0 atom stereocenters. The van der Waals surface area contributed by atoms with E-state index in [1.54, 1.807) is 6.07 Å². The molecule has 2 aromatic rings. The Morgan fingerprint density at radius 3 is 2.52 bits per heavy atom. The van der Waals surface area contributed by atoms with Crippen molar-refractivity contribution in [1.29, 1.82) is 0 Å². The SMILES string of the molecule is O=C(NCC1CCC(F)(F)CC1)c1c(Cl)ccc2nc(C3CCCCC3)ccc12. The van der Waals surface area contributed by atoms with Crippen molar-refractivity contribution < 1.29 is 13.6 Å². The van der Waals surface area contributed by atoms with Gasteiger partial charge in [-0.2, -0.15) is 0 Å². The molecular weight excluding hydrogens is 394 g/mol. The van der Waals surface area contributed by atoms with Crippen LogP contribution in [0.1, 0.15) is 79.8 Å². The number of hydrogen-bond acceptors (Lipinski definition) is 2. The number of carbonyl (C=O) groups excluding carboxylic acids is 1. The van der Waals surface area contributed by atoms with E-state index in [0.717, 1.165) is 16.6 Å². The Morgan fingerprint density at radius 1 is 1.07 bits per heavy atom. The Bertz CT molecular complexity index is 886. The van der Waals surface area contributed by atoms with Crippen molar-refractivity contribution in [2.24, 2.45) is 5.92 Å². The molecule has 6 heteroatoms. The fourth-order valence-electron chi connectivity index (χ4n) is 4.68. The van der Waals surface area contributed by atoms with E-state index in [0.29, 0.717) is 35.9 Å². The first kappa shape index (κ1) is 20.5. The van der Waals surface area contributed by atoms with Gasteiger partial charge >= 0.3 is 0 Å². The standard InChI is InChI=1S/C23H27ClF2N2O/c24-18-7-9-20-17(6-8-19(28-20)16-4-2-1-3-5-16)21(18)22(29)27-14-15-10-12-23(25,26)13-11-15/h6-9,15-16H,1-5,10-14H2,(H,27,29). The summed E-state index contributed by atoms with van der Waals surface area (Å²) in [7, 11) is 0. The van der Waals surface area contributed by atoms with Crippen LogP contribution in [-0.2, 0) is 0 Å². The van der Waals surface area contributed by atoms with Crippen molar-refractivity contribution in [2.45, 2.75) is 69.6 Å². The van der Waals surface area contributed by atoms with Crippen molar-refractivity contribution in [3.05, 3.63) is 40.5 Å². The van der Waals surface area contributed by atoms with Crippen LogP contribution in [-0.4, -0.2) is 23.4 Å². The second-order valence-corrected chi connectivity index (χ2v) is 8.98. The molecule has 0 radical (unpaired) electrons. The Hall–Kier alpha value is -1.75. The third-order valence-corrected chi connectivity index (χ3v) is 6.80. The van der Waals surface area contributed by atoms with E-state index in [4.69, 9.17) is 16.6 Å². The number of nitrogens with one attached hydrogen (secondary N) is 1. The molecule has 0 bridgehead atoms. The van der Waals surface area contributed by atoms with Crippen molar-refractivity contribution >= 4 is 28.4 Å². The van der Waals surface area contributed by atoms with Gasteiger partial charge in [0.1, 0.15) is 0 Å². The molecule has 0 aliphatic heterocycles. The third kappa shape index (κ3) is 4.71. The van der Waals surface area contributed by atoms with E-state index in [-0.39, 0.29) is 24.7 Å². The number of nitrogens with zero attached hydrogens (tertiary/aromatic N) is 1. The summed E-state index contributed by atoms with van der Waals surface area (Å²) in [5.41, 5.74) is 2.29. The lowest BCUT2D eigenvalue weighted by Crippen LogP contribution is -2.34. The zero-order valence-corrected chi connectivity index (χ0v) is 17.3. The van der Waals surface area contributed by atoms with Crippen molar-refractivity contribution in [2.75, 3.05) is 6.54 Å². The number of rotatable bonds is 4. The van der Waals surface area contributed by atoms with Crippen LogP contribution in [0.3, 0.4) is 0 Å². The number of halogens is 3. The number of hydrogen-bond donors (Lipinski definition) is 1. The maximum Gasteiger partial charge on any atom is 0.253 e. The van der Waals surface area contributed by atoms with Crippen LogP contribution in [0, 0.1) is 5.92 Å². The van der Waals surface area contributed by atoms with Crippen LogP contribution in [0.5, 0.6) is 0 Å². The Morgan fingerprint density at radius 2 is 1.79 bits per heavy atom. The fraction of sp³-hybridized carbons (Fsp3) is 0.565. The highest BCUT2D eigenvalue weighted by Crippen LogP contribution is 2.36. The topological polar surface area (TPSA) is 42.0 Å². The van der Waals surface area contributed by atoms with Crippen molar-refractivity contribution in [3.8, 4) is 0 Å². The van der Waals surface area contributed by atoms with Gasteiger partial charge in [-0.1, -0.05) is 36.9 Å². The van der Waals surface area contributed by atoms with E-state index in [1.807, 2.05) is 18.2 Å². The van der Waals surface area contributed by atoms with Crippen molar-refractivity contribution in [3.63, 3.8) is 0 Å². The minimum absolute atomic E-state index is 0.0864. The summed E-state index contributed by atoms with van der Waals surface area (Å²) in [5, 5.41) is 4.04. The largest absolute Gasteiger partial charge is 0.352 e. The van der Waals surface area contributed by atoms with Crippen LogP contribution < -0.4 is 5.32 Å². The Labute approximate surface area is 175 Å². The van der Waals surface area contributed by atoms with Crippen LogP contribution in [0.4, 0.5) is 8.78 Å². The quantitative estimate of drug-likeness (QED) is 0.614. The third-order valence-electron chi connectivity index (χ3n) is 6.48. The van der Waals surface area contributed by atoms with Gasteiger partial charge in [0, 0.05) is 36.4 Å². The molecule has 156 valence electrons. The molecule has 1 heterocycles. The van der Waals surface area contributed by atoms with E-state index in [2.05, 4.69) is 5.32 Å². The summed E-state index contributed by atoms with van der Waals surface area (Å²) in [6.45, 7) is 0.398. The number of amides is 1. The Balaban J connectivity index is 1.50. The predicted octanol–water partition coefficient (Wildman–Crippen LogP) is 6.49. The maximum absolute atomic E-state index is 13.3. The number of pyridine rings is 1. The lowest BCUT2D eigenvalue weighted by atomic mass is 9.86. The molecule has 2 aliphatic rings. The minimum atomic E-state index is -2.55. The summed E-state index contributed by atoms with van der Waals surface area (Å²) in [5.74, 6) is -2.24. The highest BCUT2D eigenvalue weighted by Gasteiger charge is 2.35. The normalized spacial score (nSPS) is 20.7. The molecule has 1 amide bonds. The van der Waals surface area contributed by atoms with E-state index < -0.39 is 5.92 Å². The second-order valence-electron chi connectivity index (χ2n) is 8.57. The molecule has 0 unspecified atom stereocenters. The second kappa shape index (κ2) is 8.55. The van der Waals surface area contributed by atoms with Crippen LogP contribution in [0.2, 0.25) is 5.02 Å². The molecule has 4 rings (SSSR count). The average molecular weight is 421 g/mol. The maximum atomic E-state index is 13.3. The molecule has 2 saturated carbocycles. The van der Waals surface area contributed by atoms with Crippen molar-refractivity contribution in [1.82, 2.24) is 10.3 Å². The molecule has 0 saturated heterocycles. The molecule has 1 aromatic carbocycles. The van der Waals surface area contributed by atoms with Crippen LogP contribution >= 0.6 is 11.6 Å². The molecule has 2 aliphatic carbocycles. The van der Waals surface area contributed by atoms with Gasteiger partial charge in [0.25, 0.3) is 5.91 Å². The molecule has 3 nitrogen and oxygen atoms in total. The van der Waals surface area contributed by atoms with Crippen LogP contribution in [0.15, 0.2) is 24.3 Å². The zero-order valence-electron chi connectivity index (χ0n) is 16.5. The number of carbonyl (C=O) groups is 1. The summed E-state index contributed by atoms with van der Waals surface area (Å²) in [6, 6.07) is 7.56. The van der Waals surface area contributed by atoms with Gasteiger partial charge in [0.15, 0.2) is 0 Å². The van der Waals surface area contributed by atoms with Gasteiger partial charge in [0.2, 0.25) is 5.92 Å².